The Morgan fingerprint density at radius 3 is 2.12 bits per heavy atom. The predicted molar refractivity (Wildman–Crippen MR) is 66.7 cm³/mol. The van der Waals surface area contributed by atoms with Gasteiger partial charge in [-0.2, -0.15) is 0 Å². The van der Waals surface area contributed by atoms with Gasteiger partial charge in [0.05, 0.1) is 12.5 Å². The van der Waals surface area contributed by atoms with Crippen LogP contribution in [0.3, 0.4) is 0 Å². The molecule has 1 rings (SSSR count). The summed E-state index contributed by atoms with van der Waals surface area (Å²) in [5.74, 6) is 0. The van der Waals surface area contributed by atoms with Gasteiger partial charge in [-0.25, -0.2) is 25.4 Å². The molecule has 0 aromatic rings. The molecule has 8 heteroatoms. The lowest BCUT2D eigenvalue weighted by Crippen LogP contribution is -2.37. The van der Waals surface area contributed by atoms with Gasteiger partial charge in [0, 0.05) is 26.2 Å². The maximum absolute atomic E-state index is 11.4. The highest BCUT2D eigenvalue weighted by Crippen LogP contribution is 2.19. The van der Waals surface area contributed by atoms with Crippen LogP contribution in [0.25, 0.3) is 0 Å². The minimum absolute atomic E-state index is 0.100. The highest BCUT2D eigenvalue weighted by atomic mass is 32.2. The zero-order valence-electron chi connectivity index (χ0n) is 10.5. The fraction of sp³-hybridized carbons (Fsp3) is 1.00. The van der Waals surface area contributed by atoms with Crippen LogP contribution in [0.4, 0.5) is 0 Å². The van der Waals surface area contributed by atoms with Crippen LogP contribution in [-0.2, 0) is 20.0 Å². The average molecular weight is 284 g/mol. The van der Waals surface area contributed by atoms with Gasteiger partial charge >= 0.3 is 0 Å². The molecule has 0 radical (unpaired) electrons. The monoisotopic (exact) mass is 284 g/mol. The second-order valence-corrected chi connectivity index (χ2v) is 8.55. The van der Waals surface area contributed by atoms with E-state index < -0.39 is 20.0 Å². The normalized spacial score (nSPS) is 24.8. The molecular formula is C9H20N2O4S2. The second-order valence-electron chi connectivity index (χ2n) is 4.53. The Morgan fingerprint density at radius 1 is 1.06 bits per heavy atom. The van der Waals surface area contributed by atoms with Crippen LogP contribution in [0.15, 0.2) is 0 Å². The van der Waals surface area contributed by atoms with Crippen molar-refractivity contribution >= 4 is 20.0 Å². The lowest BCUT2D eigenvalue weighted by molar-refractivity contribution is 0.337. The van der Waals surface area contributed by atoms with Crippen molar-refractivity contribution in [2.45, 2.75) is 25.3 Å². The molecule has 0 aromatic heterocycles. The van der Waals surface area contributed by atoms with Gasteiger partial charge in [0.2, 0.25) is 20.0 Å². The largest absolute Gasteiger partial charge is 0.213 e. The Hall–Kier alpha value is -0.180. The molecule has 1 unspecified atom stereocenters. The Morgan fingerprint density at radius 2 is 1.65 bits per heavy atom. The molecule has 0 aliphatic carbocycles. The standard InChI is InChI=1S/C9H20N2O4S2/c1-10(16(2,12)13)9-5-4-7-11(8-6-9)17(3,14)15/h9H,4-8H2,1-3H3. The van der Waals surface area contributed by atoms with Crippen molar-refractivity contribution in [1.82, 2.24) is 8.61 Å². The van der Waals surface area contributed by atoms with Gasteiger partial charge in [0.1, 0.15) is 0 Å². The highest BCUT2D eigenvalue weighted by Gasteiger charge is 2.27. The molecule has 1 saturated heterocycles. The van der Waals surface area contributed by atoms with Gasteiger partial charge < -0.3 is 0 Å². The summed E-state index contributed by atoms with van der Waals surface area (Å²) in [5, 5.41) is 0. The summed E-state index contributed by atoms with van der Waals surface area (Å²) in [6, 6.07) is -0.100. The molecule has 0 spiro atoms. The van der Waals surface area contributed by atoms with Gasteiger partial charge in [-0.05, 0) is 19.3 Å². The van der Waals surface area contributed by atoms with Crippen molar-refractivity contribution in [2.75, 3.05) is 32.6 Å². The zero-order valence-corrected chi connectivity index (χ0v) is 12.1. The average Bonchev–Trinajstić information content (AvgIpc) is 2.38. The first-order chi connectivity index (χ1) is 7.62. The molecule has 1 heterocycles. The summed E-state index contributed by atoms with van der Waals surface area (Å²) in [5.41, 5.74) is 0. The molecule has 1 fully saturated rings. The fourth-order valence-electron chi connectivity index (χ4n) is 2.02. The van der Waals surface area contributed by atoms with E-state index in [2.05, 4.69) is 0 Å². The number of hydrogen-bond acceptors (Lipinski definition) is 4. The van der Waals surface area contributed by atoms with Crippen LogP contribution in [0.2, 0.25) is 0 Å². The van der Waals surface area contributed by atoms with E-state index in [0.717, 1.165) is 0 Å². The van der Waals surface area contributed by atoms with Crippen molar-refractivity contribution in [3.8, 4) is 0 Å². The summed E-state index contributed by atoms with van der Waals surface area (Å²) in [7, 11) is -4.82. The van der Waals surface area contributed by atoms with Crippen molar-refractivity contribution in [2.24, 2.45) is 0 Å². The molecule has 0 bridgehead atoms. The minimum Gasteiger partial charge on any atom is -0.213 e. The van der Waals surface area contributed by atoms with E-state index in [1.165, 1.54) is 21.1 Å². The topological polar surface area (TPSA) is 74.8 Å². The third-order valence-corrected chi connectivity index (χ3v) is 5.81. The van der Waals surface area contributed by atoms with Crippen molar-refractivity contribution in [1.29, 1.82) is 0 Å². The first-order valence-electron chi connectivity index (χ1n) is 5.50. The number of sulfonamides is 2. The van der Waals surface area contributed by atoms with E-state index in [4.69, 9.17) is 0 Å². The highest BCUT2D eigenvalue weighted by molar-refractivity contribution is 7.88. The van der Waals surface area contributed by atoms with Crippen molar-refractivity contribution in [3.05, 3.63) is 0 Å². The molecule has 0 amide bonds. The first kappa shape index (κ1) is 14.9. The van der Waals surface area contributed by atoms with E-state index in [1.54, 1.807) is 7.05 Å². The van der Waals surface area contributed by atoms with E-state index >= 15 is 0 Å². The minimum atomic E-state index is -3.21. The lowest BCUT2D eigenvalue weighted by atomic mass is 10.1. The summed E-state index contributed by atoms with van der Waals surface area (Å²) in [6.07, 6.45) is 4.31. The van der Waals surface area contributed by atoms with Crippen LogP contribution in [0.5, 0.6) is 0 Å². The summed E-state index contributed by atoms with van der Waals surface area (Å²) in [6.45, 7) is 0.871. The Labute approximate surface area is 104 Å². The molecular weight excluding hydrogens is 264 g/mol. The van der Waals surface area contributed by atoms with Crippen molar-refractivity contribution < 1.29 is 16.8 Å². The summed E-state index contributed by atoms with van der Waals surface area (Å²) < 4.78 is 48.4. The maximum atomic E-state index is 11.4. The van der Waals surface area contributed by atoms with Crippen LogP contribution in [-0.4, -0.2) is 64.1 Å². The van der Waals surface area contributed by atoms with Gasteiger partial charge in [0.15, 0.2) is 0 Å². The van der Waals surface area contributed by atoms with E-state index in [-0.39, 0.29) is 6.04 Å². The molecule has 6 nitrogen and oxygen atoms in total. The molecule has 0 N–H and O–H groups in total. The second kappa shape index (κ2) is 5.21. The van der Waals surface area contributed by atoms with E-state index in [1.807, 2.05) is 0 Å². The molecule has 0 saturated carbocycles. The zero-order chi connectivity index (χ0) is 13.3. The summed E-state index contributed by atoms with van der Waals surface area (Å²) >= 11 is 0. The SMILES string of the molecule is CN(C1CCCN(S(C)(=O)=O)CC1)S(C)(=O)=O. The Bertz CT molecular complexity index is 457. The quantitative estimate of drug-likeness (QED) is 0.712. The molecule has 1 aliphatic heterocycles. The number of rotatable bonds is 3. The molecule has 102 valence electrons. The first-order valence-corrected chi connectivity index (χ1v) is 9.20. The van der Waals surface area contributed by atoms with Gasteiger partial charge in [-0.1, -0.05) is 0 Å². The fourth-order valence-corrected chi connectivity index (χ4v) is 3.67. The third-order valence-electron chi connectivity index (χ3n) is 3.16. The van der Waals surface area contributed by atoms with Crippen LogP contribution in [0.1, 0.15) is 19.3 Å². The molecule has 1 aliphatic rings. The summed E-state index contributed by atoms with van der Waals surface area (Å²) in [4.78, 5) is 0. The molecule has 17 heavy (non-hydrogen) atoms. The van der Waals surface area contributed by atoms with Gasteiger partial charge in [-0.3, -0.25) is 0 Å². The Balaban J connectivity index is 2.72. The van der Waals surface area contributed by atoms with Crippen molar-refractivity contribution in [3.63, 3.8) is 0 Å². The Kier molecular flexibility index (Phi) is 4.56. The van der Waals surface area contributed by atoms with Gasteiger partial charge in [-0.15, -0.1) is 0 Å². The molecule has 0 aromatic carbocycles. The number of hydrogen-bond donors (Lipinski definition) is 0. The predicted octanol–water partition coefficient (Wildman–Crippen LogP) is -0.308. The molecule has 1 atom stereocenters. The number of nitrogens with zero attached hydrogens (tertiary/aromatic N) is 2. The van der Waals surface area contributed by atoms with Crippen LogP contribution < -0.4 is 0 Å². The van der Waals surface area contributed by atoms with E-state index in [9.17, 15) is 16.8 Å². The van der Waals surface area contributed by atoms with E-state index in [0.29, 0.717) is 32.4 Å². The van der Waals surface area contributed by atoms with Crippen LogP contribution >= 0.6 is 0 Å². The lowest BCUT2D eigenvalue weighted by Gasteiger charge is -2.24. The van der Waals surface area contributed by atoms with Gasteiger partial charge in [0.25, 0.3) is 0 Å². The maximum Gasteiger partial charge on any atom is 0.211 e. The smallest absolute Gasteiger partial charge is 0.211 e. The van der Waals surface area contributed by atoms with Crippen LogP contribution in [0, 0.1) is 0 Å². The third kappa shape index (κ3) is 4.20.